The minimum atomic E-state index is 1.27. The van der Waals surface area contributed by atoms with E-state index in [2.05, 4.69) is 23.8 Å². The normalized spacial score (nSPS) is 10.2. The van der Waals surface area contributed by atoms with Crippen LogP contribution in [0.1, 0.15) is 0 Å². The van der Waals surface area contributed by atoms with Gasteiger partial charge in [-0.3, -0.25) is 4.98 Å². The fourth-order valence-electron chi connectivity index (χ4n) is 0.903. The molecule has 0 bridgehead atoms. The summed E-state index contributed by atoms with van der Waals surface area (Å²) in [7, 11) is 0. The van der Waals surface area contributed by atoms with Crippen molar-refractivity contribution in [1.29, 1.82) is 0 Å². The molecule has 66 valence electrons. The molecule has 1 aromatic rings. The van der Waals surface area contributed by atoms with Gasteiger partial charge < -0.3 is 0 Å². The lowest BCUT2D eigenvalue weighted by molar-refractivity contribution is 1.03. The molecule has 0 aliphatic heterocycles. The van der Waals surface area contributed by atoms with Gasteiger partial charge in [-0.25, -0.2) is 0 Å². The highest BCUT2D eigenvalue weighted by molar-refractivity contribution is 8.03. The molecule has 0 N–H and O–H groups in total. The molecule has 0 atom stereocenters. The van der Waals surface area contributed by atoms with Crippen molar-refractivity contribution in [2.45, 2.75) is 14.7 Å². The third-order valence-electron chi connectivity index (χ3n) is 1.48. The molecule has 0 saturated carbocycles. The summed E-state index contributed by atoms with van der Waals surface area (Å²) in [5, 5.41) is 0. The smallest absolute Gasteiger partial charge is 0.0416 e. The van der Waals surface area contributed by atoms with Gasteiger partial charge >= 0.3 is 0 Å². The standard InChI is InChI=1S/C8H11NS3/c1-10-6-4-9-5-7(11-2)8(6)12-3/h4-5H,1-3H3. The summed E-state index contributed by atoms with van der Waals surface area (Å²) in [6.45, 7) is 0. The summed E-state index contributed by atoms with van der Waals surface area (Å²) in [6, 6.07) is 0. The molecule has 0 aliphatic carbocycles. The Balaban J connectivity index is 3.13. The first-order valence-corrected chi connectivity index (χ1v) is 7.11. The predicted molar refractivity (Wildman–Crippen MR) is 59.6 cm³/mol. The maximum atomic E-state index is 4.18. The summed E-state index contributed by atoms with van der Waals surface area (Å²) >= 11 is 5.30. The van der Waals surface area contributed by atoms with Gasteiger partial charge in [0.25, 0.3) is 0 Å². The van der Waals surface area contributed by atoms with Gasteiger partial charge in [0.2, 0.25) is 0 Å². The molecule has 1 aromatic heterocycles. The van der Waals surface area contributed by atoms with Crippen molar-refractivity contribution in [3.8, 4) is 0 Å². The van der Waals surface area contributed by atoms with Crippen LogP contribution in [0.3, 0.4) is 0 Å². The molecule has 0 aromatic carbocycles. The minimum absolute atomic E-state index is 1.27. The summed E-state index contributed by atoms with van der Waals surface area (Å²) in [5.74, 6) is 0. The first-order valence-electron chi connectivity index (χ1n) is 3.43. The summed E-state index contributed by atoms with van der Waals surface area (Å²) < 4.78 is 0. The van der Waals surface area contributed by atoms with E-state index in [4.69, 9.17) is 0 Å². The first-order chi connectivity index (χ1) is 5.83. The Morgan fingerprint density at radius 3 is 1.75 bits per heavy atom. The maximum absolute atomic E-state index is 4.18. The second-order valence-electron chi connectivity index (χ2n) is 2.08. The largest absolute Gasteiger partial charge is 0.262 e. The van der Waals surface area contributed by atoms with Gasteiger partial charge in [-0.05, 0) is 18.8 Å². The monoisotopic (exact) mass is 217 g/mol. The van der Waals surface area contributed by atoms with E-state index in [1.165, 1.54) is 14.7 Å². The summed E-state index contributed by atoms with van der Waals surface area (Å²) in [6.07, 6.45) is 10.1. The number of hydrogen-bond donors (Lipinski definition) is 0. The van der Waals surface area contributed by atoms with Crippen LogP contribution in [-0.2, 0) is 0 Å². The first kappa shape index (κ1) is 10.3. The van der Waals surface area contributed by atoms with Gasteiger partial charge in [-0.2, -0.15) is 0 Å². The van der Waals surface area contributed by atoms with E-state index < -0.39 is 0 Å². The third-order valence-corrected chi connectivity index (χ3v) is 4.08. The summed E-state index contributed by atoms with van der Waals surface area (Å²) in [5.41, 5.74) is 0. The van der Waals surface area contributed by atoms with Crippen molar-refractivity contribution >= 4 is 35.3 Å². The highest BCUT2D eigenvalue weighted by Gasteiger charge is 2.05. The van der Waals surface area contributed by atoms with Crippen molar-refractivity contribution in [2.24, 2.45) is 0 Å². The molecule has 1 nitrogen and oxygen atoms in total. The molecule has 0 aliphatic rings. The molecule has 0 radical (unpaired) electrons. The Bertz CT molecular complexity index is 240. The molecule has 0 saturated heterocycles. The van der Waals surface area contributed by atoms with Crippen LogP contribution in [0.4, 0.5) is 0 Å². The highest BCUT2D eigenvalue weighted by atomic mass is 32.2. The lowest BCUT2D eigenvalue weighted by atomic mass is 10.5. The second-order valence-corrected chi connectivity index (χ2v) is 4.59. The van der Waals surface area contributed by atoms with Gasteiger partial charge in [0.15, 0.2) is 0 Å². The molecule has 0 unspecified atom stereocenters. The average molecular weight is 217 g/mol. The summed E-state index contributed by atoms with van der Waals surface area (Å²) in [4.78, 5) is 8.08. The van der Waals surface area contributed by atoms with E-state index in [-0.39, 0.29) is 0 Å². The zero-order valence-electron chi connectivity index (χ0n) is 7.33. The number of nitrogens with zero attached hydrogens (tertiary/aromatic N) is 1. The van der Waals surface area contributed by atoms with Gasteiger partial charge in [-0.15, -0.1) is 35.3 Å². The molecule has 0 fully saturated rings. The molecule has 0 spiro atoms. The minimum Gasteiger partial charge on any atom is -0.262 e. The average Bonchev–Trinajstić information content (AvgIpc) is 2.16. The third kappa shape index (κ3) is 2.12. The molecule has 4 heteroatoms. The van der Waals surface area contributed by atoms with E-state index in [0.717, 1.165) is 0 Å². The lowest BCUT2D eigenvalue weighted by Gasteiger charge is -2.07. The maximum Gasteiger partial charge on any atom is 0.0416 e. The Morgan fingerprint density at radius 2 is 1.42 bits per heavy atom. The molecular weight excluding hydrogens is 206 g/mol. The zero-order chi connectivity index (χ0) is 8.97. The fourth-order valence-corrected chi connectivity index (χ4v) is 3.40. The van der Waals surface area contributed by atoms with Crippen LogP contribution in [0, 0.1) is 0 Å². The number of rotatable bonds is 3. The van der Waals surface area contributed by atoms with E-state index in [0.29, 0.717) is 0 Å². The number of aromatic nitrogens is 1. The SMILES string of the molecule is CSc1cncc(SC)c1SC. The topological polar surface area (TPSA) is 12.9 Å². The zero-order valence-corrected chi connectivity index (χ0v) is 9.78. The predicted octanol–water partition coefficient (Wildman–Crippen LogP) is 3.25. The molecule has 12 heavy (non-hydrogen) atoms. The van der Waals surface area contributed by atoms with Crippen LogP contribution in [0.5, 0.6) is 0 Å². The molecular formula is C8H11NS3. The Labute approximate surface area is 86.1 Å². The van der Waals surface area contributed by atoms with E-state index >= 15 is 0 Å². The van der Waals surface area contributed by atoms with E-state index in [1.807, 2.05) is 12.4 Å². The van der Waals surface area contributed by atoms with Crippen molar-refractivity contribution in [3.63, 3.8) is 0 Å². The van der Waals surface area contributed by atoms with Crippen LogP contribution in [0.15, 0.2) is 27.1 Å². The van der Waals surface area contributed by atoms with E-state index in [1.54, 1.807) is 35.3 Å². The quantitative estimate of drug-likeness (QED) is 0.720. The van der Waals surface area contributed by atoms with Crippen LogP contribution >= 0.6 is 35.3 Å². The van der Waals surface area contributed by atoms with E-state index in [9.17, 15) is 0 Å². The number of thioether (sulfide) groups is 3. The van der Waals surface area contributed by atoms with Gasteiger partial charge in [0.05, 0.1) is 0 Å². The Hall–Kier alpha value is 0.200. The van der Waals surface area contributed by atoms with Crippen LogP contribution in [0.25, 0.3) is 0 Å². The van der Waals surface area contributed by atoms with Crippen LogP contribution < -0.4 is 0 Å². The molecule has 1 heterocycles. The highest BCUT2D eigenvalue weighted by Crippen LogP contribution is 2.34. The van der Waals surface area contributed by atoms with Gasteiger partial charge in [0.1, 0.15) is 0 Å². The van der Waals surface area contributed by atoms with Crippen LogP contribution in [0.2, 0.25) is 0 Å². The Kier molecular flexibility index (Phi) is 4.32. The molecule has 1 rings (SSSR count). The van der Waals surface area contributed by atoms with Gasteiger partial charge in [-0.1, -0.05) is 0 Å². The van der Waals surface area contributed by atoms with Crippen molar-refractivity contribution in [2.75, 3.05) is 18.8 Å². The second kappa shape index (κ2) is 5.04. The fraction of sp³-hybridized carbons (Fsp3) is 0.375. The van der Waals surface area contributed by atoms with Crippen LogP contribution in [-0.4, -0.2) is 23.8 Å². The van der Waals surface area contributed by atoms with Crippen molar-refractivity contribution in [3.05, 3.63) is 12.4 Å². The number of hydrogen-bond acceptors (Lipinski definition) is 4. The van der Waals surface area contributed by atoms with Crippen molar-refractivity contribution in [1.82, 2.24) is 4.98 Å². The number of pyridine rings is 1. The Morgan fingerprint density at radius 1 is 0.917 bits per heavy atom. The lowest BCUT2D eigenvalue weighted by Crippen LogP contribution is -1.84. The van der Waals surface area contributed by atoms with Crippen molar-refractivity contribution < 1.29 is 0 Å². The molecule has 0 amide bonds. The van der Waals surface area contributed by atoms with Gasteiger partial charge in [0, 0.05) is 27.1 Å².